The highest BCUT2D eigenvalue weighted by atomic mass is 16.3. The van der Waals surface area contributed by atoms with Gasteiger partial charge in [-0.2, -0.15) is 0 Å². The molecule has 2 nitrogen and oxygen atoms in total. The first-order valence-electron chi connectivity index (χ1n) is 3.12. The lowest BCUT2D eigenvalue weighted by molar-refractivity contribution is 0.568. The molecule has 2 aromatic rings. The molecule has 0 aliphatic heterocycles. The Morgan fingerprint density at radius 1 is 1.20 bits per heavy atom. The third-order valence-electron chi connectivity index (χ3n) is 1.45. The SMILES string of the molecule is c1cc(-c2ccoc2)c[nH]1. The quantitative estimate of drug-likeness (QED) is 0.635. The Morgan fingerprint density at radius 3 is 2.80 bits per heavy atom. The van der Waals surface area contributed by atoms with E-state index in [0.717, 1.165) is 11.1 Å². The zero-order valence-electron chi connectivity index (χ0n) is 5.37. The Labute approximate surface area is 58.5 Å². The lowest BCUT2D eigenvalue weighted by Gasteiger charge is -1.84. The highest BCUT2D eigenvalue weighted by Gasteiger charge is 1.95. The fourth-order valence-corrected chi connectivity index (χ4v) is 0.932. The summed E-state index contributed by atoms with van der Waals surface area (Å²) in [5.74, 6) is 0. The van der Waals surface area contributed by atoms with Gasteiger partial charge in [0.15, 0.2) is 0 Å². The van der Waals surface area contributed by atoms with Crippen LogP contribution in [0, 0.1) is 0 Å². The van der Waals surface area contributed by atoms with Gasteiger partial charge in [-0.25, -0.2) is 0 Å². The van der Waals surface area contributed by atoms with Gasteiger partial charge in [0.2, 0.25) is 0 Å². The van der Waals surface area contributed by atoms with E-state index in [2.05, 4.69) is 4.98 Å². The normalized spacial score (nSPS) is 10.0. The number of hydrogen-bond donors (Lipinski definition) is 1. The summed E-state index contributed by atoms with van der Waals surface area (Å²) >= 11 is 0. The van der Waals surface area contributed by atoms with Crippen LogP contribution in [0.1, 0.15) is 0 Å². The van der Waals surface area contributed by atoms with E-state index in [0.29, 0.717) is 0 Å². The molecule has 0 aliphatic rings. The summed E-state index contributed by atoms with van der Waals surface area (Å²) in [6, 6.07) is 3.94. The van der Waals surface area contributed by atoms with Crippen LogP contribution in [0.5, 0.6) is 0 Å². The van der Waals surface area contributed by atoms with Crippen LogP contribution in [0.15, 0.2) is 41.5 Å². The molecule has 10 heavy (non-hydrogen) atoms. The third-order valence-corrected chi connectivity index (χ3v) is 1.45. The van der Waals surface area contributed by atoms with Crippen LogP contribution in [0.2, 0.25) is 0 Å². The van der Waals surface area contributed by atoms with Crippen molar-refractivity contribution in [2.24, 2.45) is 0 Å². The van der Waals surface area contributed by atoms with Gasteiger partial charge >= 0.3 is 0 Å². The maximum atomic E-state index is 4.92. The van der Waals surface area contributed by atoms with Gasteiger partial charge in [0.1, 0.15) is 0 Å². The van der Waals surface area contributed by atoms with E-state index in [1.165, 1.54) is 0 Å². The summed E-state index contributed by atoms with van der Waals surface area (Å²) in [5, 5.41) is 0. The average Bonchev–Trinajstić information content (AvgIpc) is 2.59. The zero-order chi connectivity index (χ0) is 6.81. The van der Waals surface area contributed by atoms with Crippen molar-refractivity contribution in [1.82, 2.24) is 4.98 Å². The Bertz CT molecular complexity index is 249. The molecule has 0 atom stereocenters. The first-order chi connectivity index (χ1) is 4.97. The first-order valence-corrected chi connectivity index (χ1v) is 3.12. The fourth-order valence-electron chi connectivity index (χ4n) is 0.932. The summed E-state index contributed by atoms with van der Waals surface area (Å²) in [5.41, 5.74) is 2.27. The molecule has 1 N–H and O–H groups in total. The second kappa shape index (κ2) is 2.06. The number of H-pyrrole nitrogens is 1. The summed E-state index contributed by atoms with van der Waals surface area (Å²) in [6.45, 7) is 0. The van der Waals surface area contributed by atoms with Gasteiger partial charge in [0.25, 0.3) is 0 Å². The van der Waals surface area contributed by atoms with Gasteiger partial charge in [-0.15, -0.1) is 0 Å². The molecule has 0 unspecified atom stereocenters. The molecule has 2 rings (SSSR count). The summed E-state index contributed by atoms with van der Waals surface area (Å²) in [7, 11) is 0. The molecular weight excluding hydrogens is 126 g/mol. The largest absolute Gasteiger partial charge is 0.472 e. The standard InChI is InChI=1S/C8H7NO/c1-3-9-5-7(1)8-2-4-10-6-8/h1-6,9H. The summed E-state index contributed by atoms with van der Waals surface area (Å²) < 4.78 is 4.92. The topological polar surface area (TPSA) is 28.9 Å². The predicted molar refractivity (Wildman–Crippen MR) is 38.5 cm³/mol. The highest BCUT2D eigenvalue weighted by molar-refractivity contribution is 5.60. The van der Waals surface area contributed by atoms with Crippen molar-refractivity contribution in [3.8, 4) is 11.1 Å². The molecule has 2 heteroatoms. The third kappa shape index (κ3) is 0.739. The molecule has 0 saturated carbocycles. The van der Waals surface area contributed by atoms with Gasteiger partial charge < -0.3 is 9.40 Å². The van der Waals surface area contributed by atoms with Crippen molar-refractivity contribution in [2.75, 3.05) is 0 Å². The molecule has 0 saturated heterocycles. The van der Waals surface area contributed by atoms with E-state index in [4.69, 9.17) is 4.42 Å². The van der Waals surface area contributed by atoms with Gasteiger partial charge in [-0.3, -0.25) is 0 Å². The van der Waals surface area contributed by atoms with E-state index in [1.807, 2.05) is 24.5 Å². The van der Waals surface area contributed by atoms with Crippen LogP contribution in [0.3, 0.4) is 0 Å². The number of aromatic amines is 1. The van der Waals surface area contributed by atoms with Crippen molar-refractivity contribution >= 4 is 0 Å². The maximum absolute atomic E-state index is 4.92. The van der Waals surface area contributed by atoms with Gasteiger partial charge in [0, 0.05) is 23.5 Å². The molecular formula is C8H7NO. The second-order valence-electron chi connectivity index (χ2n) is 2.11. The Morgan fingerprint density at radius 2 is 2.20 bits per heavy atom. The molecule has 2 heterocycles. The number of hydrogen-bond acceptors (Lipinski definition) is 1. The minimum absolute atomic E-state index is 1.11. The smallest absolute Gasteiger partial charge is 0.0981 e. The van der Waals surface area contributed by atoms with Crippen LogP contribution in [0.25, 0.3) is 11.1 Å². The fraction of sp³-hybridized carbons (Fsp3) is 0. The van der Waals surface area contributed by atoms with Crippen LogP contribution < -0.4 is 0 Å². The number of aromatic nitrogens is 1. The first kappa shape index (κ1) is 5.35. The van der Waals surface area contributed by atoms with E-state index >= 15 is 0 Å². The van der Waals surface area contributed by atoms with Gasteiger partial charge in [-0.1, -0.05) is 0 Å². The molecule has 50 valence electrons. The van der Waals surface area contributed by atoms with Crippen LogP contribution in [0.4, 0.5) is 0 Å². The van der Waals surface area contributed by atoms with Crippen molar-refractivity contribution < 1.29 is 4.42 Å². The number of furan rings is 1. The molecule has 0 spiro atoms. The van der Waals surface area contributed by atoms with E-state index in [1.54, 1.807) is 12.5 Å². The summed E-state index contributed by atoms with van der Waals surface area (Å²) in [6.07, 6.45) is 7.22. The Kier molecular flexibility index (Phi) is 1.10. The zero-order valence-corrected chi connectivity index (χ0v) is 5.37. The lowest BCUT2D eigenvalue weighted by atomic mass is 10.2. The van der Waals surface area contributed by atoms with Crippen molar-refractivity contribution in [3.05, 3.63) is 37.1 Å². The molecule has 0 bridgehead atoms. The van der Waals surface area contributed by atoms with E-state index < -0.39 is 0 Å². The Balaban J connectivity index is 2.48. The second-order valence-corrected chi connectivity index (χ2v) is 2.11. The minimum Gasteiger partial charge on any atom is -0.472 e. The number of rotatable bonds is 1. The monoisotopic (exact) mass is 133 g/mol. The predicted octanol–water partition coefficient (Wildman–Crippen LogP) is 2.27. The number of nitrogens with one attached hydrogen (secondary N) is 1. The minimum atomic E-state index is 1.11. The molecule has 0 fully saturated rings. The highest BCUT2D eigenvalue weighted by Crippen LogP contribution is 2.17. The average molecular weight is 133 g/mol. The molecule has 0 aromatic carbocycles. The van der Waals surface area contributed by atoms with Crippen LogP contribution in [-0.4, -0.2) is 4.98 Å². The van der Waals surface area contributed by atoms with Gasteiger partial charge in [-0.05, 0) is 12.1 Å². The van der Waals surface area contributed by atoms with Crippen molar-refractivity contribution in [2.45, 2.75) is 0 Å². The lowest BCUT2D eigenvalue weighted by Crippen LogP contribution is -1.62. The van der Waals surface area contributed by atoms with Crippen molar-refractivity contribution in [1.29, 1.82) is 0 Å². The molecule has 0 amide bonds. The Hall–Kier alpha value is -1.44. The molecule has 0 radical (unpaired) electrons. The van der Waals surface area contributed by atoms with Gasteiger partial charge in [0.05, 0.1) is 12.5 Å². The maximum Gasteiger partial charge on any atom is 0.0981 e. The summed E-state index contributed by atoms with van der Waals surface area (Å²) in [4.78, 5) is 2.98. The van der Waals surface area contributed by atoms with Crippen LogP contribution in [-0.2, 0) is 0 Å². The molecule has 2 aromatic heterocycles. The van der Waals surface area contributed by atoms with Crippen molar-refractivity contribution in [3.63, 3.8) is 0 Å². The van der Waals surface area contributed by atoms with E-state index in [9.17, 15) is 0 Å². The van der Waals surface area contributed by atoms with E-state index in [-0.39, 0.29) is 0 Å². The molecule has 0 aliphatic carbocycles. The van der Waals surface area contributed by atoms with Crippen LogP contribution >= 0.6 is 0 Å².